The monoisotopic (exact) mass is 312 g/mol. The molecule has 0 fully saturated rings. The second-order valence-corrected chi connectivity index (χ2v) is 3.31. The van der Waals surface area contributed by atoms with Crippen molar-refractivity contribution < 1.29 is 17.1 Å². The maximum atomic E-state index is 2.28. The van der Waals surface area contributed by atoms with Gasteiger partial charge in [0.05, 0.1) is 0 Å². The second kappa shape index (κ2) is 7.59. The van der Waals surface area contributed by atoms with Crippen molar-refractivity contribution in [3.05, 3.63) is 58.2 Å². The Hall–Kier alpha value is -0.0505. The van der Waals surface area contributed by atoms with Crippen molar-refractivity contribution in [2.45, 2.75) is 0 Å². The minimum Gasteiger partial charge on any atom is -0.747 e. The molecule has 12 heavy (non-hydrogen) atoms. The summed E-state index contributed by atoms with van der Waals surface area (Å²) in [5.41, 5.74) is 0. The second-order valence-electron chi connectivity index (χ2n) is 2.07. The van der Waals surface area contributed by atoms with E-state index in [2.05, 4.69) is 34.7 Å². The van der Waals surface area contributed by atoms with Crippen molar-refractivity contribution in [1.82, 2.24) is 0 Å². The van der Waals surface area contributed by atoms with E-state index in [0.717, 1.165) is 0 Å². The van der Waals surface area contributed by atoms with Gasteiger partial charge in [-0.1, -0.05) is 0 Å². The molecule has 0 spiro atoms. The first kappa shape index (κ1) is 11.9. The van der Waals surface area contributed by atoms with Gasteiger partial charge in [0.1, 0.15) is 0 Å². The van der Waals surface area contributed by atoms with Crippen LogP contribution in [-0.2, 0) is 17.1 Å². The van der Waals surface area contributed by atoms with Gasteiger partial charge in [-0.15, -0.1) is 0 Å². The smallest absolute Gasteiger partial charge is 0 e. The van der Waals surface area contributed by atoms with Gasteiger partial charge in [-0.3, -0.25) is 0 Å². The molecule has 0 aliphatic rings. The van der Waals surface area contributed by atoms with Gasteiger partial charge in [-0.25, -0.2) is 12.1 Å². The van der Waals surface area contributed by atoms with Crippen LogP contribution in [0.3, 0.4) is 0 Å². The molecule has 70 valence electrons. The molecule has 0 saturated carbocycles. The summed E-state index contributed by atoms with van der Waals surface area (Å²) in [5, 5.41) is 0. The number of rotatable bonds is 0. The predicted molar refractivity (Wildman–Crippen MR) is 56.8 cm³/mol. The summed E-state index contributed by atoms with van der Waals surface area (Å²) in [6.45, 7) is 0. The van der Waals surface area contributed by atoms with Gasteiger partial charge in [0.25, 0.3) is 0 Å². The SMILES string of the molecule is I[c-]1[cH-][cH-][cH-][cH-]1.[Fe].c1cc[cH-]c1. The third-order valence-corrected chi connectivity index (χ3v) is 1.90. The van der Waals surface area contributed by atoms with Gasteiger partial charge in [0.2, 0.25) is 0 Å². The van der Waals surface area contributed by atoms with Gasteiger partial charge < -0.3 is 50.4 Å². The van der Waals surface area contributed by atoms with E-state index in [4.69, 9.17) is 0 Å². The van der Waals surface area contributed by atoms with Crippen molar-refractivity contribution in [1.29, 1.82) is 0 Å². The molecular weight excluding hydrogens is 303 g/mol. The molecule has 0 amide bonds. The summed E-state index contributed by atoms with van der Waals surface area (Å²) in [6.07, 6.45) is 0. The van der Waals surface area contributed by atoms with Crippen LogP contribution in [0.5, 0.6) is 0 Å². The van der Waals surface area contributed by atoms with Crippen LogP contribution in [0.1, 0.15) is 0 Å². The summed E-state index contributed by atoms with van der Waals surface area (Å²) in [6, 6.07) is 18.2. The van der Waals surface area contributed by atoms with Gasteiger partial charge >= 0.3 is 0 Å². The predicted octanol–water partition coefficient (Wildman–Crippen LogP) is 3.41. The van der Waals surface area contributed by atoms with Gasteiger partial charge in [0, 0.05) is 17.1 Å². The summed E-state index contributed by atoms with van der Waals surface area (Å²) in [4.78, 5) is 0. The van der Waals surface area contributed by atoms with Crippen LogP contribution in [0.25, 0.3) is 0 Å². The van der Waals surface area contributed by atoms with Gasteiger partial charge in [0.15, 0.2) is 0 Å². The Labute approximate surface area is 97.3 Å². The molecule has 0 nitrogen and oxygen atoms in total. The van der Waals surface area contributed by atoms with Crippen molar-refractivity contribution in [2.75, 3.05) is 0 Å². The average Bonchev–Trinajstić information content (AvgIpc) is 2.57. The maximum absolute atomic E-state index is 2.28. The van der Waals surface area contributed by atoms with Crippen LogP contribution in [0, 0.1) is 3.57 Å². The number of hydrogen-bond acceptors (Lipinski definition) is 0. The molecule has 0 bridgehead atoms. The van der Waals surface area contributed by atoms with E-state index < -0.39 is 0 Å². The molecule has 0 atom stereocenters. The summed E-state index contributed by atoms with van der Waals surface area (Å²) in [5.74, 6) is 0. The first-order chi connectivity index (χ1) is 5.39. The quantitative estimate of drug-likeness (QED) is 0.397. The molecule has 2 aromatic carbocycles. The molecule has 2 heteroatoms. The molecule has 2 rings (SSSR count). The van der Waals surface area contributed by atoms with Crippen molar-refractivity contribution in [2.24, 2.45) is 0 Å². The van der Waals surface area contributed by atoms with Crippen molar-refractivity contribution in [3.8, 4) is 0 Å². The van der Waals surface area contributed by atoms with E-state index in [1.807, 2.05) is 42.5 Å². The van der Waals surface area contributed by atoms with Crippen LogP contribution in [0.4, 0.5) is 0 Å². The normalized spacial score (nSPS) is 7.75. The van der Waals surface area contributed by atoms with Crippen LogP contribution in [-0.4, -0.2) is 0 Å². The fourth-order valence-corrected chi connectivity index (χ4v) is 1.09. The largest absolute Gasteiger partial charge is 0.747 e. The Morgan fingerprint density at radius 2 is 1.50 bits per heavy atom. The molecule has 0 aliphatic carbocycles. The van der Waals surface area contributed by atoms with Crippen LogP contribution in [0.15, 0.2) is 54.6 Å². The minimum absolute atomic E-state index is 0. The van der Waals surface area contributed by atoms with Gasteiger partial charge in [-0.2, -0.15) is 18.2 Å². The number of hydrogen-bond donors (Lipinski definition) is 0. The molecule has 0 unspecified atom stereocenters. The molecule has 0 N–H and O–H groups in total. The van der Waals surface area contributed by atoms with E-state index in [1.165, 1.54) is 3.57 Å². The van der Waals surface area contributed by atoms with Crippen molar-refractivity contribution in [3.63, 3.8) is 0 Å². The fraction of sp³-hybridized carbons (Fsp3) is 0. The number of halogens is 1. The molecule has 0 aromatic heterocycles. The molecule has 0 radical (unpaired) electrons. The summed E-state index contributed by atoms with van der Waals surface area (Å²) in [7, 11) is 0. The Bertz CT molecular complexity index is 228. The van der Waals surface area contributed by atoms with Crippen LogP contribution < -0.4 is 0 Å². The minimum atomic E-state index is 0. The maximum Gasteiger partial charge on any atom is 0 e. The standard InChI is InChI=1S/C5H4I.C5H5.Fe/c6-5-3-1-2-4-5;1-2-4-5-3-1;/h1-4H;1-5H;/q-5;-1;. The third kappa shape index (κ3) is 5.58. The fourth-order valence-electron chi connectivity index (χ4n) is 0.671. The summed E-state index contributed by atoms with van der Waals surface area (Å²) >= 11 is 2.28. The molecule has 0 heterocycles. The van der Waals surface area contributed by atoms with E-state index in [0.29, 0.717) is 0 Å². The van der Waals surface area contributed by atoms with Gasteiger partial charge in [-0.05, 0) is 0 Å². The Kier molecular flexibility index (Phi) is 7.56. The van der Waals surface area contributed by atoms with Crippen LogP contribution >= 0.6 is 22.6 Å². The van der Waals surface area contributed by atoms with E-state index in [-0.39, 0.29) is 17.1 Å². The zero-order valence-corrected chi connectivity index (χ0v) is 9.69. The van der Waals surface area contributed by atoms with E-state index in [9.17, 15) is 0 Å². The molecule has 0 aliphatic heterocycles. The summed E-state index contributed by atoms with van der Waals surface area (Å²) < 4.78 is 1.31. The topological polar surface area (TPSA) is 0 Å². The zero-order valence-electron chi connectivity index (χ0n) is 6.43. The average molecular weight is 312 g/mol. The van der Waals surface area contributed by atoms with E-state index >= 15 is 0 Å². The molecular formula is C10H9FeI-6. The molecule has 2 aromatic rings. The molecule has 0 saturated heterocycles. The first-order valence-corrected chi connectivity index (χ1v) is 4.51. The Morgan fingerprint density at radius 3 is 1.67 bits per heavy atom. The first-order valence-electron chi connectivity index (χ1n) is 3.43. The van der Waals surface area contributed by atoms with E-state index in [1.54, 1.807) is 0 Å². The Balaban J connectivity index is 0.000000189. The zero-order chi connectivity index (χ0) is 7.94. The third-order valence-electron chi connectivity index (χ3n) is 1.18. The Morgan fingerprint density at radius 1 is 1.00 bits per heavy atom. The van der Waals surface area contributed by atoms with Crippen LogP contribution in [0.2, 0.25) is 0 Å². The van der Waals surface area contributed by atoms with Crippen molar-refractivity contribution >= 4 is 22.6 Å².